The molecule has 0 unspecified atom stereocenters. The number of benzene rings is 1. The van der Waals surface area contributed by atoms with E-state index in [1.807, 2.05) is 53.1 Å². The lowest BCUT2D eigenvalue weighted by Gasteiger charge is -2.07. The van der Waals surface area contributed by atoms with Gasteiger partial charge in [0.25, 0.3) is 0 Å². The summed E-state index contributed by atoms with van der Waals surface area (Å²) < 4.78 is 2.02. The van der Waals surface area contributed by atoms with E-state index < -0.39 is 0 Å². The summed E-state index contributed by atoms with van der Waals surface area (Å²) >= 11 is 1.62. The van der Waals surface area contributed by atoms with E-state index in [1.165, 1.54) is 5.56 Å². The van der Waals surface area contributed by atoms with E-state index in [9.17, 15) is 0 Å². The highest BCUT2D eigenvalue weighted by atomic mass is 32.2. The molecule has 1 aromatic carbocycles. The number of allylic oxidation sites excluding steroid dienone is 1. The maximum Gasteiger partial charge on any atom is 0.192 e. The van der Waals surface area contributed by atoms with Gasteiger partial charge in [0, 0.05) is 18.5 Å². The number of nitrogens with zero attached hydrogens (tertiary/aromatic N) is 4. The molecule has 3 aromatic rings. The molecule has 3 rings (SSSR count). The van der Waals surface area contributed by atoms with Crippen LogP contribution in [0.25, 0.3) is 11.5 Å². The zero-order valence-electron chi connectivity index (χ0n) is 13.2. The average Bonchev–Trinajstić information content (AvgIpc) is 3.04. The van der Waals surface area contributed by atoms with Crippen molar-refractivity contribution in [1.29, 1.82) is 0 Å². The first-order chi connectivity index (χ1) is 11.8. The zero-order chi connectivity index (χ0) is 16.8. The van der Waals surface area contributed by atoms with Gasteiger partial charge in [0.1, 0.15) is 5.69 Å². The van der Waals surface area contributed by atoms with Gasteiger partial charge in [-0.25, -0.2) is 0 Å². The van der Waals surface area contributed by atoms with Crippen LogP contribution in [0.15, 0.2) is 66.5 Å². The van der Waals surface area contributed by atoms with Gasteiger partial charge >= 0.3 is 0 Å². The Morgan fingerprint density at radius 1 is 1.08 bits per heavy atom. The highest BCUT2D eigenvalue weighted by Crippen LogP contribution is 2.25. The number of aromatic nitrogens is 4. The minimum Gasteiger partial charge on any atom is -0.392 e. The second-order valence-electron chi connectivity index (χ2n) is 5.18. The predicted octanol–water partition coefficient (Wildman–Crippen LogP) is 3.31. The van der Waals surface area contributed by atoms with Crippen molar-refractivity contribution < 1.29 is 5.11 Å². The van der Waals surface area contributed by atoms with Crippen molar-refractivity contribution in [3.8, 4) is 11.5 Å². The van der Waals surface area contributed by atoms with Crippen LogP contribution in [0.1, 0.15) is 11.1 Å². The standard InChI is InChI=1S/C18H18N4OS/c1-2-11-22-17(16-5-3-4-10-19-16)20-21-18(22)24-13-15-8-6-14(12-23)7-9-15/h2-10,23H,1,11-13H2. The van der Waals surface area contributed by atoms with Gasteiger partial charge in [-0.15, -0.1) is 16.8 Å². The third-order valence-corrected chi connectivity index (χ3v) is 4.53. The van der Waals surface area contributed by atoms with Crippen LogP contribution in [-0.4, -0.2) is 24.9 Å². The van der Waals surface area contributed by atoms with E-state index in [4.69, 9.17) is 5.11 Å². The van der Waals surface area contributed by atoms with Crippen LogP contribution in [0.4, 0.5) is 0 Å². The molecule has 0 saturated carbocycles. The molecule has 0 saturated heterocycles. The number of hydrogen-bond acceptors (Lipinski definition) is 5. The third kappa shape index (κ3) is 3.72. The fourth-order valence-electron chi connectivity index (χ4n) is 2.26. The van der Waals surface area contributed by atoms with Crippen molar-refractivity contribution in [2.24, 2.45) is 0 Å². The summed E-state index contributed by atoms with van der Waals surface area (Å²) in [7, 11) is 0. The topological polar surface area (TPSA) is 63.8 Å². The number of thioether (sulfide) groups is 1. The van der Waals surface area contributed by atoms with E-state index in [0.717, 1.165) is 28.0 Å². The maximum atomic E-state index is 9.10. The van der Waals surface area contributed by atoms with Gasteiger partial charge in [0.05, 0.1) is 6.61 Å². The van der Waals surface area contributed by atoms with Crippen LogP contribution < -0.4 is 0 Å². The Labute approximate surface area is 145 Å². The van der Waals surface area contributed by atoms with Gasteiger partial charge in [-0.2, -0.15) is 0 Å². The quantitative estimate of drug-likeness (QED) is 0.529. The van der Waals surface area contributed by atoms with Crippen LogP contribution in [0, 0.1) is 0 Å². The average molecular weight is 338 g/mol. The van der Waals surface area contributed by atoms with Gasteiger partial charge in [-0.3, -0.25) is 9.55 Å². The number of aliphatic hydroxyl groups is 1. The molecule has 0 aliphatic heterocycles. The highest BCUT2D eigenvalue weighted by molar-refractivity contribution is 7.98. The van der Waals surface area contributed by atoms with E-state index in [2.05, 4.69) is 21.8 Å². The minimum atomic E-state index is 0.0640. The lowest BCUT2D eigenvalue weighted by Crippen LogP contribution is -2.01. The molecule has 5 nitrogen and oxygen atoms in total. The molecule has 2 heterocycles. The molecule has 0 aliphatic rings. The fourth-order valence-corrected chi connectivity index (χ4v) is 3.17. The van der Waals surface area contributed by atoms with E-state index in [1.54, 1.807) is 18.0 Å². The normalized spacial score (nSPS) is 10.7. The van der Waals surface area contributed by atoms with Gasteiger partial charge in [0.2, 0.25) is 0 Å². The fraction of sp³-hybridized carbons (Fsp3) is 0.167. The summed E-state index contributed by atoms with van der Waals surface area (Å²) in [6, 6.07) is 13.6. The van der Waals surface area contributed by atoms with E-state index in [-0.39, 0.29) is 6.61 Å². The number of aliphatic hydroxyl groups excluding tert-OH is 1. The summed E-state index contributed by atoms with van der Waals surface area (Å²) in [5, 5.41) is 18.5. The Hall–Kier alpha value is -2.44. The Balaban J connectivity index is 1.80. The van der Waals surface area contributed by atoms with Crippen LogP contribution in [0.2, 0.25) is 0 Å². The molecule has 0 amide bonds. The monoisotopic (exact) mass is 338 g/mol. The maximum absolute atomic E-state index is 9.10. The summed E-state index contributed by atoms with van der Waals surface area (Å²) in [5.41, 5.74) is 2.88. The van der Waals surface area contributed by atoms with Gasteiger partial charge in [-0.1, -0.05) is 48.2 Å². The smallest absolute Gasteiger partial charge is 0.192 e. The summed E-state index contributed by atoms with van der Waals surface area (Å²) in [4.78, 5) is 4.35. The second kappa shape index (κ2) is 7.90. The molecule has 6 heteroatoms. The molecule has 0 bridgehead atoms. The largest absolute Gasteiger partial charge is 0.392 e. The molecular formula is C18H18N4OS. The molecule has 24 heavy (non-hydrogen) atoms. The number of pyridine rings is 1. The molecule has 122 valence electrons. The van der Waals surface area contributed by atoms with Crippen LogP contribution in [0.3, 0.4) is 0 Å². The van der Waals surface area contributed by atoms with Crippen molar-refractivity contribution in [1.82, 2.24) is 19.7 Å². The Morgan fingerprint density at radius 3 is 2.54 bits per heavy atom. The van der Waals surface area contributed by atoms with Crippen molar-refractivity contribution in [3.05, 3.63) is 72.4 Å². The van der Waals surface area contributed by atoms with Crippen LogP contribution in [0.5, 0.6) is 0 Å². The van der Waals surface area contributed by atoms with E-state index >= 15 is 0 Å². The predicted molar refractivity (Wildman–Crippen MR) is 95.4 cm³/mol. The lowest BCUT2D eigenvalue weighted by atomic mass is 10.2. The molecule has 1 N–H and O–H groups in total. The summed E-state index contributed by atoms with van der Waals surface area (Å²) in [6.07, 6.45) is 3.58. The van der Waals surface area contributed by atoms with Crippen molar-refractivity contribution >= 4 is 11.8 Å². The Bertz CT molecular complexity index is 800. The second-order valence-corrected chi connectivity index (χ2v) is 6.13. The molecule has 0 aliphatic carbocycles. The minimum absolute atomic E-state index is 0.0640. The van der Waals surface area contributed by atoms with Gasteiger partial charge < -0.3 is 5.11 Å². The van der Waals surface area contributed by atoms with Crippen molar-refractivity contribution in [3.63, 3.8) is 0 Å². The summed E-state index contributed by atoms with van der Waals surface area (Å²) in [6.45, 7) is 4.51. The first kappa shape index (κ1) is 16.4. The highest BCUT2D eigenvalue weighted by Gasteiger charge is 2.14. The molecule has 0 fully saturated rings. The number of hydrogen-bond donors (Lipinski definition) is 1. The molecular weight excluding hydrogens is 320 g/mol. The third-order valence-electron chi connectivity index (χ3n) is 3.50. The van der Waals surface area contributed by atoms with Crippen molar-refractivity contribution in [2.45, 2.75) is 24.1 Å². The first-order valence-electron chi connectivity index (χ1n) is 7.59. The first-order valence-corrected chi connectivity index (χ1v) is 8.57. The van der Waals surface area contributed by atoms with Crippen LogP contribution >= 0.6 is 11.8 Å². The molecule has 0 atom stereocenters. The van der Waals surface area contributed by atoms with Gasteiger partial charge in [0.15, 0.2) is 11.0 Å². The van der Waals surface area contributed by atoms with Gasteiger partial charge in [-0.05, 0) is 23.3 Å². The molecule has 0 radical (unpaired) electrons. The Morgan fingerprint density at radius 2 is 1.88 bits per heavy atom. The Kier molecular flexibility index (Phi) is 5.40. The number of rotatable bonds is 7. The lowest BCUT2D eigenvalue weighted by molar-refractivity contribution is 0.282. The summed E-state index contributed by atoms with van der Waals surface area (Å²) in [5.74, 6) is 1.53. The van der Waals surface area contributed by atoms with Crippen LogP contribution in [-0.2, 0) is 18.9 Å². The van der Waals surface area contributed by atoms with Crippen molar-refractivity contribution in [2.75, 3.05) is 0 Å². The van der Waals surface area contributed by atoms with E-state index in [0.29, 0.717) is 6.54 Å². The SMILES string of the molecule is C=CCn1c(SCc2ccc(CO)cc2)nnc1-c1ccccn1. The molecule has 2 aromatic heterocycles. The zero-order valence-corrected chi connectivity index (χ0v) is 14.0. The molecule has 0 spiro atoms.